The zero-order valence-electron chi connectivity index (χ0n) is 11.6. The zero-order valence-corrected chi connectivity index (χ0v) is 11.6. The van der Waals surface area contributed by atoms with Gasteiger partial charge in [0.05, 0.1) is 12.6 Å². The van der Waals surface area contributed by atoms with Crippen LogP contribution in [0.5, 0.6) is 0 Å². The lowest BCUT2D eigenvalue weighted by Gasteiger charge is -2.27. The van der Waals surface area contributed by atoms with E-state index in [2.05, 4.69) is 4.98 Å². The van der Waals surface area contributed by atoms with E-state index in [-0.39, 0.29) is 12.1 Å². The minimum atomic E-state index is -0.577. The summed E-state index contributed by atoms with van der Waals surface area (Å²) in [5.74, 6) is -0.345. The van der Waals surface area contributed by atoms with Crippen LogP contribution in [0.4, 0.5) is 8.78 Å². The van der Waals surface area contributed by atoms with Crippen molar-refractivity contribution in [2.75, 3.05) is 13.6 Å². The molecule has 0 amide bonds. The van der Waals surface area contributed by atoms with Gasteiger partial charge in [0.25, 0.3) is 0 Å². The molecule has 0 spiro atoms. The lowest BCUT2D eigenvalue weighted by molar-refractivity contribution is 0.223. The van der Waals surface area contributed by atoms with Gasteiger partial charge in [-0.05, 0) is 19.2 Å². The first-order valence-electron chi connectivity index (χ1n) is 6.35. The van der Waals surface area contributed by atoms with Crippen LogP contribution in [-0.4, -0.2) is 28.0 Å². The highest BCUT2D eigenvalue weighted by molar-refractivity contribution is 5.23. The predicted molar refractivity (Wildman–Crippen MR) is 72.8 cm³/mol. The third kappa shape index (κ3) is 2.86. The number of hydrogen-bond donors (Lipinski definition) is 1. The van der Waals surface area contributed by atoms with Crippen LogP contribution in [-0.2, 0) is 13.6 Å². The number of benzene rings is 1. The summed E-state index contributed by atoms with van der Waals surface area (Å²) in [4.78, 5) is 6.00. The SMILES string of the molecule is CN(Cc1nccn1C)C(CN)c1c(F)cccc1F. The van der Waals surface area contributed by atoms with Crippen molar-refractivity contribution in [3.8, 4) is 0 Å². The van der Waals surface area contributed by atoms with Crippen molar-refractivity contribution >= 4 is 0 Å². The van der Waals surface area contributed by atoms with Crippen LogP contribution in [0.2, 0.25) is 0 Å². The number of aromatic nitrogens is 2. The van der Waals surface area contributed by atoms with E-state index in [0.717, 1.165) is 5.82 Å². The Morgan fingerprint density at radius 1 is 1.35 bits per heavy atom. The average molecular weight is 280 g/mol. The molecule has 2 N–H and O–H groups in total. The number of hydrogen-bond acceptors (Lipinski definition) is 3. The van der Waals surface area contributed by atoms with Crippen LogP contribution in [0.25, 0.3) is 0 Å². The molecule has 0 fully saturated rings. The molecule has 0 aliphatic heterocycles. The molecule has 108 valence electrons. The van der Waals surface area contributed by atoms with Gasteiger partial charge < -0.3 is 10.3 Å². The van der Waals surface area contributed by atoms with Gasteiger partial charge >= 0.3 is 0 Å². The molecule has 0 radical (unpaired) electrons. The molecule has 2 rings (SSSR count). The summed E-state index contributed by atoms with van der Waals surface area (Å²) in [6, 6.07) is 3.30. The molecule has 1 aromatic heterocycles. The Bertz CT molecular complexity index is 562. The summed E-state index contributed by atoms with van der Waals surface area (Å²) in [6.45, 7) is 0.581. The molecular formula is C14H18F2N4. The lowest BCUT2D eigenvalue weighted by atomic mass is 10.0. The maximum Gasteiger partial charge on any atom is 0.130 e. The van der Waals surface area contributed by atoms with Gasteiger partial charge in [-0.1, -0.05) is 6.07 Å². The molecule has 1 heterocycles. The molecule has 0 saturated heterocycles. The van der Waals surface area contributed by atoms with Gasteiger partial charge in [0.2, 0.25) is 0 Å². The van der Waals surface area contributed by atoms with Crippen LogP contribution in [0.1, 0.15) is 17.4 Å². The Morgan fingerprint density at radius 3 is 2.50 bits per heavy atom. The van der Waals surface area contributed by atoms with E-state index >= 15 is 0 Å². The van der Waals surface area contributed by atoms with Crippen LogP contribution in [0.15, 0.2) is 30.6 Å². The van der Waals surface area contributed by atoms with Gasteiger partial charge in [-0.2, -0.15) is 0 Å². The fraction of sp³-hybridized carbons (Fsp3) is 0.357. The summed E-state index contributed by atoms with van der Waals surface area (Å²) in [5.41, 5.74) is 5.71. The van der Waals surface area contributed by atoms with E-state index in [9.17, 15) is 8.78 Å². The van der Waals surface area contributed by atoms with Gasteiger partial charge in [-0.15, -0.1) is 0 Å². The maximum absolute atomic E-state index is 13.9. The van der Waals surface area contributed by atoms with E-state index < -0.39 is 17.7 Å². The molecule has 1 atom stereocenters. The maximum atomic E-state index is 13.9. The molecule has 20 heavy (non-hydrogen) atoms. The first kappa shape index (κ1) is 14.6. The van der Waals surface area contributed by atoms with Crippen LogP contribution >= 0.6 is 0 Å². The molecule has 6 heteroatoms. The Morgan fingerprint density at radius 2 is 2.00 bits per heavy atom. The number of likely N-dealkylation sites (N-methyl/N-ethyl adjacent to an activating group) is 1. The summed E-state index contributed by atoms with van der Waals surface area (Å²) in [7, 11) is 3.65. The number of halogens is 2. The highest BCUT2D eigenvalue weighted by Crippen LogP contribution is 2.25. The van der Waals surface area contributed by atoms with Gasteiger partial charge in [-0.3, -0.25) is 4.90 Å². The Hall–Kier alpha value is -1.79. The third-order valence-electron chi connectivity index (χ3n) is 3.40. The van der Waals surface area contributed by atoms with Crippen molar-refractivity contribution in [3.05, 3.63) is 53.6 Å². The van der Waals surface area contributed by atoms with Gasteiger partial charge in [-0.25, -0.2) is 13.8 Å². The number of imidazole rings is 1. The molecule has 0 aliphatic carbocycles. The number of nitrogens with two attached hydrogens (primary N) is 1. The summed E-state index contributed by atoms with van der Waals surface area (Å²) < 4.78 is 29.6. The van der Waals surface area contributed by atoms with Crippen molar-refractivity contribution in [2.45, 2.75) is 12.6 Å². The second-order valence-electron chi connectivity index (χ2n) is 4.76. The topological polar surface area (TPSA) is 47.1 Å². The van der Waals surface area contributed by atoms with Gasteiger partial charge in [0, 0.05) is 31.5 Å². The predicted octanol–water partition coefficient (Wildman–Crippen LogP) is 1.83. The number of aryl methyl sites for hydroxylation is 1. The summed E-state index contributed by atoms with van der Waals surface area (Å²) in [5, 5.41) is 0. The Labute approximate surface area is 116 Å². The van der Waals surface area contributed by atoms with Crippen molar-refractivity contribution in [1.29, 1.82) is 0 Å². The Kier molecular flexibility index (Phi) is 4.46. The van der Waals surface area contributed by atoms with E-state index in [1.165, 1.54) is 18.2 Å². The largest absolute Gasteiger partial charge is 0.337 e. The minimum absolute atomic E-state index is 0.00621. The van der Waals surface area contributed by atoms with Crippen molar-refractivity contribution in [3.63, 3.8) is 0 Å². The van der Waals surface area contributed by atoms with Crippen LogP contribution in [0.3, 0.4) is 0 Å². The smallest absolute Gasteiger partial charge is 0.130 e. The first-order valence-corrected chi connectivity index (χ1v) is 6.35. The number of rotatable bonds is 5. The molecule has 0 bridgehead atoms. The number of nitrogens with zero attached hydrogens (tertiary/aromatic N) is 3. The molecule has 0 aliphatic rings. The van der Waals surface area contributed by atoms with Crippen molar-refractivity contribution < 1.29 is 8.78 Å². The highest BCUT2D eigenvalue weighted by Gasteiger charge is 2.23. The van der Waals surface area contributed by atoms with E-state index in [1.54, 1.807) is 18.1 Å². The molecule has 0 saturated carbocycles. The average Bonchev–Trinajstić information content (AvgIpc) is 2.79. The van der Waals surface area contributed by atoms with Crippen molar-refractivity contribution in [1.82, 2.24) is 14.5 Å². The fourth-order valence-electron chi connectivity index (χ4n) is 2.23. The fourth-order valence-corrected chi connectivity index (χ4v) is 2.23. The van der Waals surface area contributed by atoms with Crippen molar-refractivity contribution in [2.24, 2.45) is 12.8 Å². The minimum Gasteiger partial charge on any atom is -0.337 e. The Balaban J connectivity index is 2.26. The second kappa shape index (κ2) is 6.11. The van der Waals surface area contributed by atoms with E-state index in [4.69, 9.17) is 5.73 Å². The van der Waals surface area contributed by atoms with Gasteiger partial charge in [0.15, 0.2) is 0 Å². The molecule has 4 nitrogen and oxygen atoms in total. The third-order valence-corrected chi connectivity index (χ3v) is 3.40. The molecule has 2 aromatic rings. The molecule has 1 aromatic carbocycles. The van der Waals surface area contributed by atoms with Crippen LogP contribution in [0, 0.1) is 11.6 Å². The van der Waals surface area contributed by atoms with E-state index in [1.807, 2.05) is 17.8 Å². The quantitative estimate of drug-likeness (QED) is 0.909. The van der Waals surface area contributed by atoms with Crippen LogP contribution < -0.4 is 5.73 Å². The monoisotopic (exact) mass is 280 g/mol. The normalized spacial score (nSPS) is 12.9. The summed E-state index contributed by atoms with van der Waals surface area (Å²) >= 11 is 0. The molecule has 1 unspecified atom stereocenters. The first-order chi connectivity index (χ1) is 9.54. The van der Waals surface area contributed by atoms with Gasteiger partial charge in [0.1, 0.15) is 17.5 Å². The standard InChI is InChI=1S/C14H18F2N4/c1-19-7-6-18-13(19)9-20(2)12(8-17)14-10(15)4-3-5-11(14)16/h3-7,12H,8-9,17H2,1-2H3. The highest BCUT2D eigenvalue weighted by atomic mass is 19.1. The second-order valence-corrected chi connectivity index (χ2v) is 4.76. The summed E-state index contributed by atoms with van der Waals surface area (Å²) in [6.07, 6.45) is 3.51. The molecular weight excluding hydrogens is 262 g/mol. The lowest BCUT2D eigenvalue weighted by Crippen LogP contribution is -2.32. The zero-order chi connectivity index (χ0) is 14.7. The van der Waals surface area contributed by atoms with E-state index in [0.29, 0.717) is 6.54 Å².